The van der Waals surface area contributed by atoms with Crippen molar-refractivity contribution in [1.82, 2.24) is 15.1 Å². The van der Waals surface area contributed by atoms with Crippen molar-refractivity contribution in [2.75, 3.05) is 12.4 Å². The Morgan fingerprint density at radius 3 is 2.95 bits per heavy atom. The summed E-state index contributed by atoms with van der Waals surface area (Å²) in [5.74, 6) is 0.479. The first-order valence-electron chi connectivity index (χ1n) is 6.60. The van der Waals surface area contributed by atoms with E-state index >= 15 is 0 Å². The second-order valence-electron chi connectivity index (χ2n) is 5.11. The molecule has 0 spiro atoms. The highest BCUT2D eigenvalue weighted by Gasteiger charge is 2.39. The number of hydrogen-bond donors (Lipinski definition) is 1. The molecule has 19 heavy (non-hydrogen) atoms. The van der Waals surface area contributed by atoms with Gasteiger partial charge in [-0.1, -0.05) is 0 Å². The summed E-state index contributed by atoms with van der Waals surface area (Å²) < 4.78 is 6.96. The summed E-state index contributed by atoms with van der Waals surface area (Å²) in [6.45, 7) is 4.18. The fourth-order valence-corrected chi connectivity index (χ4v) is 2.83. The Balaban J connectivity index is 1.97. The number of carbonyl (C=O) groups excluding carboxylic acids is 1. The Bertz CT molecular complexity index is 445. The van der Waals surface area contributed by atoms with E-state index in [4.69, 9.17) is 4.74 Å². The molecule has 1 fully saturated rings. The number of nitrogens with zero attached hydrogens (tertiary/aromatic N) is 2. The number of aryl methyl sites for hydroxylation is 1. The molecule has 0 amide bonds. The summed E-state index contributed by atoms with van der Waals surface area (Å²) in [4.78, 5) is 13.2. The molecular weight excluding hydrogens is 262 g/mol. The van der Waals surface area contributed by atoms with Crippen molar-refractivity contribution in [3.8, 4) is 0 Å². The van der Waals surface area contributed by atoms with Crippen LogP contribution in [0.1, 0.15) is 26.7 Å². The lowest BCUT2D eigenvalue weighted by atomic mass is 10.1. The maximum Gasteiger partial charge on any atom is 0.326 e. The third-order valence-electron chi connectivity index (χ3n) is 3.03. The zero-order chi connectivity index (χ0) is 13.9. The molecule has 1 heterocycles. The van der Waals surface area contributed by atoms with E-state index in [1.165, 1.54) is 0 Å². The van der Waals surface area contributed by atoms with Gasteiger partial charge in [-0.2, -0.15) is 5.10 Å². The van der Waals surface area contributed by atoms with Gasteiger partial charge in [-0.25, -0.2) is 0 Å². The van der Waals surface area contributed by atoms with Gasteiger partial charge in [-0.15, -0.1) is 11.8 Å². The predicted molar refractivity (Wildman–Crippen MR) is 75.1 cm³/mol. The minimum absolute atomic E-state index is 0.168. The number of nitrogens with one attached hydrogen (secondary N) is 1. The van der Waals surface area contributed by atoms with Crippen molar-refractivity contribution in [2.45, 2.75) is 43.2 Å². The van der Waals surface area contributed by atoms with Crippen molar-refractivity contribution in [1.29, 1.82) is 0 Å². The highest BCUT2D eigenvalue weighted by Crippen LogP contribution is 2.28. The van der Waals surface area contributed by atoms with Crippen molar-refractivity contribution in [2.24, 2.45) is 7.05 Å². The number of thioether (sulfide) groups is 1. The first-order chi connectivity index (χ1) is 9.03. The Hall–Kier alpha value is -1.01. The summed E-state index contributed by atoms with van der Waals surface area (Å²) in [7, 11) is 1.89. The molecule has 1 saturated carbocycles. The molecule has 2 rings (SSSR count). The molecule has 1 aromatic rings. The number of ether oxygens (including phenoxy) is 1. The van der Waals surface area contributed by atoms with Crippen LogP contribution in [0.25, 0.3) is 0 Å². The van der Waals surface area contributed by atoms with Gasteiger partial charge in [0.25, 0.3) is 0 Å². The van der Waals surface area contributed by atoms with E-state index in [2.05, 4.69) is 10.4 Å². The maximum absolute atomic E-state index is 12.1. The van der Waals surface area contributed by atoms with Gasteiger partial charge in [0.15, 0.2) is 0 Å². The van der Waals surface area contributed by atoms with Gasteiger partial charge in [-0.3, -0.25) is 14.8 Å². The molecule has 6 heteroatoms. The number of esters is 1. The molecule has 1 unspecified atom stereocenters. The second-order valence-corrected chi connectivity index (χ2v) is 6.16. The maximum atomic E-state index is 12.1. The van der Waals surface area contributed by atoms with E-state index in [0.29, 0.717) is 18.4 Å². The minimum Gasteiger partial charge on any atom is -0.465 e. The van der Waals surface area contributed by atoms with Gasteiger partial charge in [-0.05, 0) is 26.7 Å². The zero-order valence-electron chi connectivity index (χ0n) is 11.7. The first-order valence-corrected chi connectivity index (χ1v) is 7.58. The average Bonchev–Trinajstić information content (AvgIpc) is 3.07. The summed E-state index contributed by atoms with van der Waals surface area (Å²) in [6.07, 6.45) is 6.06. The molecule has 1 aliphatic carbocycles. The molecule has 0 radical (unpaired) electrons. The predicted octanol–water partition coefficient (Wildman–Crippen LogP) is 1.59. The molecule has 0 aliphatic heterocycles. The van der Waals surface area contributed by atoms with Crippen LogP contribution >= 0.6 is 11.8 Å². The molecule has 0 bridgehead atoms. The van der Waals surface area contributed by atoms with E-state index in [-0.39, 0.29) is 5.97 Å². The van der Waals surface area contributed by atoms with Crippen LogP contribution in [-0.2, 0) is 16.6 Å². The van der Waals surface area contributed by atoms with E-state index in [9.17, 15) is 4.79 Å². The van der Waals surface area contributed by atoms with E-state index in [1.807, 2.05) is 33.3 Å². The number of hydrogen-bond acceptors (Lipinski definition) is 5. The third kappa shape index (κ3) is 3.98. The van der Waals surface area contributed by atoms with E-state index < -0.39 is 5.54 Å². The summed E-state index contributed by atoms with van der Waals surface area (Å²) in [5, 5.41) is 7.54. The standard InChI is InChI=1S/C13H21N3O2S/c1-4-18-12(17)13(2,15-10-5-6-10)9-19-11-7-14-16(3)8-11/h7-8,10,15H,4-6,9H2,1-3H3. The molecule has 1 aromatic heterocycles. The Labute approximate surface area is 118 Å². The second kappa shape index (κ2) is 5.96. The SMILES string of the molecule is CCOC(=O)C(C)(CSc1cnn(C)c1)NC1CC1. The van der Waals surface area contributed by atoms with E-state index in [0.717, 1.165) is 17.7 Å². The largest absolute Gasteiger partial charge is 0.465 e. The van der Waals surface area contributed by atoms with Crippen LogP contribution in [0.3, 0.4) is 0 Å². The molecule has 1 aliphatic rings. The summed E-state index contributed by atoms with van der Waals surface area (Å²) in [6, 6.07) is 0.462. The molecule has 106 valence electrons. The molecule has 1 atom stereocenters. The van der Waals surface area contributed by atoms with Gasteiger partial charge in [0.1, 0.15) is 5.54 Å². The third-order valence-corrected chi connectivity index (χ3v) is 4.30. The van der Waals surface area contributed by atoms with Crippen LogP contribution in [0, 0.1) is 0 Å². The topological polar surface area (TPSA) is 56.1 Å². The minimum atomic E-state index is -0.627. The van der Waals surface area contributed by atoms with Crippen molar-refractivity contribution < 1.29 is 9.53 Å². The Kier molecular flexibility index (Phi) is 4.52. The van der Waals surface area contributed by atoms with Gasteiger partial charge < -0.3 is 4.74 Å². The van der Waals surface area contributed by atoms with Gasteiger partial charge in [0.2, 0.25) is 0 Å². The fraction of sp³-hybridized carbons (Fsp3) is 0.692. The number of carbonyl (C=O) groups is 1. The molecule has 0 aromatic carbocycles. The highest BCUT2D eigenvalue weighted by atomic mass is 32.2. The quantitative estimate of drug-likeness (QED) is 0.608. The normalized spacial score (nSPS) is 18.1. The monoisotopic (exact) mass is 283 g/mol. The number of aromatic nitrogens is 2. The number of rotatable bonds is 7. The van der Waals surface area contributed by atoms with Crippen LogP contribution < -0.4 is 5.32 Å². The van der Waals surface area contributed by atoms with Gasteiger partial charge in [0, 0.05) is 29.9 Å². The molecule has 1 N–H and O–H groups in total. The summed E-state index contributed by atoms with van der Waals surface area (Å²) in [5.41, 5.74) is -0.627. The Morgan fingerprint density at radius 1 is 1.68 bits per heavy atom. The lowest BCUT2D eigenvalue weighted by Crippen LogP contribution is -2.53. The van der Waals surface area contributed by atoms with Crippen molar-refractivity contribution in [3.63, 3.8) is 0 Å². The lowest BCUT2D eigenvalue weighted by Gasteiger charge is -2.28. The van der Waals surface area contributed by atoms with Gasteiger partial charge in [0.05, 0.1) is 12.8 Å². The molecule has 0 saturated heterocycles. The van der Waals surface area contributed by atoms with Crippen LogP contribution in [-0.4, -0.2) is 39.7 Å². The van der Waals surface area contributed by atoms with Crippen molar-refractivity contribution >= 4 is 17.7 Å². The molecule has 5 nitrogen and oxygen atoms in total. The highest BCUT2D eigenvalue weighted by molar-refractivity contribution is 7.99. The smallest absolute Gasteiger partial charge is 0.326 e. The van der Waals surface area contributed by atoms with Crippen LogP contribution in [0.4, 0.5) is 0 Å². The summed E-state index contributed by atoms with van der Waals surface area (Å²) >= 11 is 1.63. The van der Waals surface area contributed by atoms with E-state index in [1.54, 1.807) is 16.4 Å². The van der Waals surface area contributed by atoms with Crippen molar-refractivity contribution in [3.05, 3.63) is 12.4 Å². The Morgan fingerprint density at radius 2 is 2.42 bits per heavy atom. The average molecular weight is 283 g/mol. The fourth-order valence-electron chi connectivity index (χ4n) is 1.83. The van der Waals surface area contributed by atoms with Crippen LogP contribution in [0.5, 0.6) is 0 Å². The first kappa shape index (κ1) is 14.4. The van der Waals surface area contributed by atoms with Crippen LogP contribution in [0.2, 0.25) is 0 Å². The van der Waals surface area contributed by atoms with Gasteiger partial charge >= 0.3 is 5.97 Å². The molecular formula is C13H21N3O2S. The lowest BCUT2D eigenvalue weighted by molar-refractivity contribution is -0.149. The zero-order valence-corrected chi connectivity index (χ0v) is 12.5. The van der Waals surface area contributed by atoms with Crippen LogP contribution in [0.15, 0.2) is 17.3 Å².